The zero-order valence-electron chi connectivity index (χ0n) is 16.3. The van der Waals surface area contributed by atoms with Crippen LogP contribution in [-0.4, -0.2) is 29.0 Å². The lowest BCUT2D eigenvalue weighted by molar-refractivity contribution is 0.918. The van der Waals surface area contributed by atoms with E-state index in [1.54, 1.807) is 0 Å². The van der Waals surface area contributed by atoms with Crippen LogP contribution < -0.4 is 10.6 Å². The molecule has 0 bridgehead atoms. The van der Waals surface area contributed by atoms with Crippen LogP contribution in [0.15, 0.2) is 67.0 Å². The summed E-state index contributed by atoms with van der Waals surface area (Å²) in [6, 6.07) is 20.9. The van der Waals surface area contributed by atoms with Crippen LogP contribution in [0.25, 0.3) is 22.3 Å². The fraction of sp³-hybridized carbons (Fsp3) is 0.174. The summed E-state index contributed by atoms with van der Waals surface area (Å²) >= 11 is 0. The highest BCUT2D eigenvalue weighted by Gasteiger charge is 2.18. The van der Waals surface area contributed by atoms with Gasteiger partial charge in [-0.05, 0) is 29.3 Å². The van der Waals surface area contributed by atoms with E-state index in [0.717, 1.165) is 27.9 Å². The molecule has 0 saturated heterocycles. The highest BCUT2D eigenvalue weighted by atomic mass is 15.1. The van der Waals surface area contributed by atoms with Crippen LogP contribution in [0.5, 0.6) is 0 Å². The van der Waals surface area contributed by atoms with Gasteiger partial charge >= 0.3 is 0 Å². The van der Waals surface area contributed by atoms with Gasteiger partial charge in [-0.15, -0.1) is 0 Å². The molecular weight excluding hydrogens is 346 g/mol. The second-order valence-electron chi connectivity index (χ2n) is 7.13. The van der Waals surface area contributed by atoms with E-state index in [0.29, 0.717) is 11.5 Å². The van der Waals surface area contributed by atoms with Gasteiger partial charge in [0.15, 0.2) is 5.65 Å². The summed E-state index contributed by atoms with van der Waals surface area (Å²) in [4.78, 5) is 15.4. The second kappa shape index (κ2) is 7.27. The lowest BCUT2D eigenvalue weighted by atomic mass is 9.89. The first-order valence-corrected chi connectivity index (χ1v) is 9.28. The predicted molar refractivity (Wildman–Crippen MR) is 115 cm³/mol. The molecule has 0 saturated carbocycles. The van der Waals surface area contributed by atoms with Gasteiger partial charge in [0.05, 0.1) is 11.1 Å². The summed E-state index contributed by atoms with van der Waals surface area (Å²) in [5.74, 6) is 0.606. The Bertz CT molecular complexity index is 1110. The molecule has 1 unspecified atom stereocenters. The third-order valence-electron chi connectivity index (χ3n) is 5.11. The van der Waals surface area contributed by atoms with Crippen molar-refractivity contribution in [2.75, 3.05) is 24.7 Å². The van der Waals surface area contributed by atoms with Crippen molar-refractivity contribution in [1.29, 1.82) is 0 Å². The number of nitrogens with two attached hydrogens (primary N) is 1. The maximum Gasteiger partial charge on any atom is 0.165 e. The SMILES string of the molecule is CC(c1ccccc1)c1cc2c(N)ncnc2nc1-c1ccc(N(C)C)cc1. The number of hydrogen-bond acceptors (Lipinski definition) is 5. The number of fused-ring (bicyclic) bond motifs is 1. The highest BCUT2D eigenvalue weighted by Crippen LogP contribution is 2.35. The maximum atomic E-state index is 6.11. The van der Waals surface area contributed by atoms with Gasteiger partial charge < -0.3 is 10.6 Å². The molecule has 140 valence electrons. The van der Waals surface area contributed by atoms with Crippen LogP contribution in [0.4, 0.5) is 11.5 Å². The molecule has 28 heavy (non-hydrogen) atoms. The first-order chi connectivity index (χ1) is 13.5. The lowest BCUT2D eigenvalue weighted by Gasteiger charge is -2.18. The minimum absolute atomic E-state index is 0.154. The number of nitrogen functional groups attached to an aromatic ring is 1. The number of aromatic nitrogens is 3. The summed E-state index contributed by atoms with van der Waals surface area (Å²) < 4.78 is 0. The van der Waals surface area contributed by atoms with Crippen LogP contribution in [0.2, 0.25) is 0 Å². The van der Waals surface area contributed by atoms with E-state index in [2.05, 4.69) is 76.4 Å². The van der Waals surface area contributed by atoms with Crippen molar-refractivity contribution in [2.45, 2.75) is 12.8 Å². The molecule has 1 atom stereocenters. The average molecular weight is 369 g/mol. The Morgan fingerprint density at radius 2 is 1.64 bits per heavy atom. The van der Waals surface area contributed by atoms with Crippen molar-refractivity contribution in [3.8, 4) is 11.3 Å². The smallest absolute Gasteiger partial charge is 0.165 e. The van der Waals surface area contributed by atoms with E-state index in [9.17, 15) is 0 Å². The van der Waals surface area contributed by atoms with Crippen LogP contribution >= 0.6 is 0 Å². The third kappa shape index (κ3) is 3.27. The van der Waals surface area contributed by atoms with Crippen LogP contribution in [0, 0.1) is 0 Å². The molecule has 4 aromatic rings. The number of benzene rings is 2. The van der Waals surface area contributed by atoms with Crippen molar-refractivity contribution in [3.05, 3.63) is 78.1 Å². The number of anilines is 2. The van der Waals surface area contributed by atoms with Gasteiger partial charge in [0.2, 0.25) is 0 Å². The summed E-state index contributed by atoms with van der Waals surface area (Å²) in [6.45, 7) is 2.19. The van der Waals surface area contributed by atoms with Crippen LogP contribution in [-0.2, 0) is 0 Å². The fourth-order valence-electron chi connectivity index (χ4n) is 3.42. The minimum Gasteiger partial charge on any atom is -0.383 e. The van der Waals surface area contributed by atoms with Gasteiger partial charge in [0, 0.05) is 31.3 Å². The first-order valence-electron chi connectivity index (χ1n) is 9.28. The molecule has 0 fully saturated rings. The molecule has 0 aliphatic heterocycles. The Kier molecular flexibility index (Phi) is 4.65. The first kappa shape index (κ1) is 17.9. The lowest BCUT2D eigenvalue weighted by Crippen LogP contribution is -2.08. The Morgan fingerprint density at radius 1 is 0.929 bits per heavy atom. The van der Waals surface area contributed by atoms with Crippen molar-refractivity contribution < 1.29 is 0 Å². The van der Waals surface area contributed by atoms with Gasteiger partial charge in [-0.25, -0.2) is 15.0 Å². The monoisotopic (exact) mass is 369 g/mol. The van der Waals surface area contributed by atoms with E-state index in [-0.39, 0.29) is 5.92 Å². The van der Waals surface area contributed by atoms with Crippen molar-refractivity contribution >= 4 is 22.5 Å². The molecular formula is C23H23N5. The molecule has 2 aromatic carbocycles. The van der Waals surface area contributed by atoms with Gasteiger partial charge in [-0.1, -0.05) is 49.4 Å². The molecule has 0 radical (unpaired) electrons. The van der Waals surface area contributed by atoms with E-state index in [1.165, 1.54) is 11.9 Å². The van der Waals surface area contributed by atoms with E-state index in [4.69, 9.17) is 10.7 Å². The molecule has 0 amide bonds. The predicted octanol–water partition coefficient (Wildman–Crippen LogP) is 4.49. The Balaban J connectivity index is 1.92. The summed E-state index contributed by atoms with van der Waals surface area (Å²) in [5, 5.41) is 0.786. The van der Waals surface area contributed by atoms with Crippen LogP contribution in [0.3, 0.4) is 0 Å². The van der Waals surface area contributed by atoms with E-state index in [1.807, 2.05) is 20.2 Å². The maximum absolute atomic E-state index is 6.11. The molecule has 0 spiro atoms. The normalized spacial score (nSPS) is 12.1. The van der Waals surface area contributed by atoms with E-state index >= 15 is 0 Å². The molecule has 0 aliphatic rings. The zero-order chi connectivity index (χ0) is 19.7. The average Bonchev–Trinajstić information content (AvgIpc) is 2.73. The van der Waals surface area contributed by atoms with Gasteiger partial charge in [-0.3, -0.25) is 0 Å². The van der Waals surface area contributed by atoms with Gasteiger partial charge in [0.1, 0.15) is 12.1 Å². The summed E-state index contributed by atoms with van der Waals surface area (Å²) in [6.07, 6.45) is 1.46. The third-order valence-corrected chi connectivity index (χ3v) is 5.11. The van der Waals surface area contributed by atoms with Crippen LogP contribution in [0.1, 0.15) is 24.0 Å². The topological polar surface area (TPSA) is 67.9 Å². The Morgan fingerprint density at radius 3 is 2.32 bits per heavy atom. The number of hydrogen-bond donors (Lipinski definition) is 1. The Labute approximate surface area is 164 Å². The van der Waals surface area contributed by atoms with Crippen molar-refractivity contribution in [3.63, 3.8) is 0 Å². The molecule has 5 heteroatoms. The molecule has 0 aliphatic carbocycles. The molecule has 2 aromatic heterocycles. The number of pyridine rings is 1. The van der Waals surface area contributed by atoms with Crippen molar-refractivity contribution in [2.24, 2.45) is 0 Å². The number of nitrogens with zero attached hydrogens (tertiary/aromatic N) is 4. The number of rotatable bonds is 4. The summed E-state index contributed by atoms with van der Waals surface area (Å²) in [7, 11) is 4.07. The van der Waals surface area contributed by atoms with Crippen molar-refractivity contribution in [1.82, 2.24) is 15.0 Å². The molecule has 2 N–H and O–H groups in total. The Hall–Kier alpha value is -3.47. The largest absolute Gasteiger partial charge is 0.383 e. The minimum atomic E-state index is 0.154. The highest BCUT2D eigenvalue weighted by molar-refractivity contribution is 5.88. The van der Waals surface area contributed by atoms with Gasteiger partial charge in [-0.2, -0.15) is 0 Å². The molecule has 5 nitrogen and oxygen atoms in total. The molecule has 4 rings (SSSR count). The molecule has 2 heterocycles. The standard InChI is InChI=1S/C23H23N5/c1-15(16-7-5-4-6-8-16)19-13-20-22(24)25-14-26-23(20)27-21(19)17-9-11-18(12-10-17)28(2)3/h4-15H,1-3H3,(H2,24,25,26,27). The van der Waals surface area contributed by atoms with Gasteiger partial charge in [0.25, 0.3) is 0 Å². The summed E-state index contributed by atoms with van der Waals surface area (Å²) in [5.41, 5.74) is 12.2. The zero-order valence-corrected chi connectivity index (χ0v) is 16.3. The van der Waals surface area contributed by atoms with E-state index < -0.39 is 0 Å². The fourth-order valence-corrected chi connectivity index (χ4v) is 3.42. The second-order valence-corrected chi connectivity index (χ2v) is 7.13. The quantitative estimate of drug-likeness (QED) is 0.574.